The number of halogens is 2. The number of anilines is 1. The van der Waals surface area contributed by atoms with Crippen molar-refractivity contribution in [3.63, 3.8) is 0 Å². The van der Waals surface area contributed by atoms with Gasteiger partial charge in [0.1, 0.15) is 11.5 Å². The van der Waals surface area contributed by atoms with Crippen LogP contribution in [0.4, 0.5) is 10.2 Å². The molecule has 0 unspecified atom stereocenters. The lowest BCUT2D eigenvalue weighted by Gasteiger charge is -2.01. The van der Waals surface area contributed by atoms with Gasteiger partial charge >= 0.3 is 0 Å². The maximum Gasteiger partial charge on any atom is 0.167 e. The highest BCUT2D eigenvalue weighted by Gasteiger charge is 2.10. The number of rotatable bonds is 2. The first-order valence-corrected chi connectivity index (χ1v) is 5.28. The highest BCUT2D eigenvalue weighted by Crippen LogP contribution is 2.28. The normalized spacial score (nSPS) is 10.3. The molecule has 0 aliphatic heterocycles. The Hall–Kier alpha value is -1.20. The second kappa shape index (κ2) is 4.12. The molecule has 0 amide bonds. The van der Waals surface area contributed by atoms with Crippen molar-refractivity contribution < 1.29 is 4.39 Å². The summed E-state index contributed by atoms with van der Waals surface area (Å²) in [5.74, 6) is 0.245. The summed E-state index contributed by atoms with van der Waals surface area (Å²) >= 11 is 6.83. The second-order valence-electron chi connectivity index (χ2n) is 2.87. The fraction of sp³-hybridized carbons (Fsp3) is 0.111. The molecule has 1 aromatic heterocycles. The van der Waals surface area contributed by atoms with Gasteiger partial charge in [-0.1, -0.05) is 11.6 Å². The highest BCUT2D eigenvalue weighted by atomic mass is 35.5. The molecule has 15 heavy (non-hydrogen) atoms. The maximum absolute atomic E-state index is 13.1. The van der Waals surface area contributed by atoms with Gasteiger partial charge in [0, 0.05) is 17.6 Å². The van der Waals surface area contributed by atoms with Gasteiger partial charge in [0.25, 0.3) is 0 Å². The highest BCUT2D eigenvalue weighted by molar-refractivity contribution is 6.99. The molecule has 0 spiro atoms. The van der Waals surface area contributed by atoms with E-state index in [1.807, 2.05) is 0 Å². The second-order valence-corrected chi connectivity index (χ2v) is 3.83. The van der Waals surface area contributed by atoms with Crippen LogP contribution in [-0.2, 0) is 0 Å². The molecule has 78 valence electrons. The van der Waals surface area contributed by atoms with Crippen molar-refractivity contribution in [1.29, 1.82) is 0 Å². The molecule has 6 heteroatoms. The molecule has 1 N–H and O–H groups in total. The number of nitrogens with zero attached hydrogens (tertiary/aromatic N) is 2. The minimum absolute atomic E-state index is 0.347. The first kappa shape index (κ1) is 10.3. The Morgan fingerprint density at radius 1 is 1.33 bits per heavy atom. The summed E-state index contributed by atoms with van der Waals surface area (Å²) in [5.41, 5.74) is 1.24. The number of hydrogen-bond acceptors (Lipinski definition) is 4. The molecule has 0 saturated carbocycles. The topological polar surface area (TPSA) is 37.8 Å². The first-order chi connectivity index (χ1) is 7.20. The molecule has 1 heterocycles. The van der Waals surface area contributed by atoms with Crippen LogP contribution in [0.15, 0.2) is 18.2 Å². The zero-order valence-corrected chi connectivity index (χ0v) is 9.36. The maximum atomic E-state index is 13.1. The van der Waals surface area contributed by atoms with E-state index in [0.29, 0.717) is 22.1 Å². The van der Waals surface area contributed by atoms with Gasteiger partial charge in [-0.3, -0.25) is 0 Å². The molecular formula is C9H7ClFN3S. The molecule has 3 nitrogen and oxygen atoms in total. The van der Waals surface area contributed by atoms with Crippen LogP contribution in [0.25, 0.3) is 11.3 Å². The summed E-state index contributed by atoms with van der Waals surface area (Å²) in [6, 6.07) is 4.29. The third-order valence-electron chi connectivity index (χ3n) is 1.86. The predicted octanol–water partition coefficient (Wildman–Crippen LogP) is 3.04. The number of hydrogen-bond donors (Lipinski definition) is 1. The molecule has 1 aromatic carbocycles. The largest absolute Gasteiger partial charge is 0.370 e. The van der Waals surface area contributed by atoms with Crippen molar-refractivity contribution >= 4 is 29.1 Å². The Kier molecular flexibility index (Phi) is 2.83. The molecule has 0 aliphatic rings. The molecule has 0 fully saturated rings. The Morgan fingerprint density at radius 2 is 2.13 bits per heavy atom. The van der Waals surface area contributed by atoms with E-state index in [2.05, 4.69) is 14.1 Å². The van der Waals surface area contributed by atoms with E-state index < -0.39 is 0 Å². The van der Waals surface area contributed by atoms with Crippen molar-refractivity contribution in [2.24, 2.45) is 0 Å². The zero-order valence-electron chi connectivity index (χ0n) is 7.79. The summed E-state index contributed by atoms with van der Waals surface area (Å²) in [6.07, 6.45) is 0. The van der Waals surface area contributed by atoms with Crippen molar-refractivity contribution in [3.8, 4) is 11.3 Å². The number of benzene rings is 1. The van der Waals surface area contributed by atoms with E-state index in [4.69, 9.17) is 11.6 Å². The quantitative estimate of drug-likeness (QED) is 0.881. The molecule has 0 atom stereocenters. The van der Waals surface area contributed by atoms with Crippen molar-refractivity contribution in [2.45, 2.75) is 0 Å². The Bertz CT molecular complexity index is 466. The Morgan fingerprint density at radius 3 is 2.80 bits per heavy atom. The van der Waals surface area contributed by atoms with Crippen LogP contribution in [0, 0.1) is 5.82 Å². The molecule has 0 saturated heterocycles. The van der Waals surface area contributed by atoms with Crippen molar-refractivity contribution in [1.82, 2.24) is 8.75 Å². The summed E-state index contributed by atoms with van der Waals surface area (Å²) in [7, 11) is 1.74. The number of aromatic nitrogens is 2. The molecule has 2 aromatic rings. The molecule has 0 aliphatic carbocycles. The molecule has 2 rings (SSSR count). The monoisotopic (exact) mass is 243 g/mol. The van der Waals surface area contributed by atoms with Crippen LogP contribution in [0.1, 0.15) is 0 Å². The Labute approximate surface area is 95.2 Å². The summed E-state index contributed by atoms with van der Waals surface area (Å²) < 4.78 is 21.2. The lowest BCUT2D eigenvalue weighted by molar-refractivity contribution is 0.628. The van der Waals surface area contributed by atoms with Crippen LogP contribution in [-0.4, -0.2) is 15.8 Å². The summed E-state index contributed by atoms with van der Waals surface area (Å²) in [5, 5.41) is 3.23. The minimum atomic E-state index is -0.382. The molecular weight excluding hydrogens is 237 g/mol. The third-order valence-corrected chi connectivity index (χ3v) is 2.61. The van der Waals surface area contributed by atoms with Crippen LogP contribution < -0.4 is 5.32 Å². The minimum Gasteiger partial charge on any atom is -0.370 e. The van der Waals surface area contributed by atoms with Crippen LogP contribution in [0.2, 0.25) is 5.02 Å². The first-order valence-electron chi connectivity index (χ1n) is 4.17. The van der Waals surface area contributed by atoms with Gasteiger partial charge in [0.15, 0.2) is 5.82 Å². The number of nitrogens with one attached hydrogen (secondary N) is 1. The summed E-state index contributed by atoms with van der Waals surface area (Å²) in [6.45, 7) is 0. The SMILES string of the molecule is CNc1nsnc1-c1cc(F)cc(Cl)c1. The van der Waals surface area contributed by atoms with Crippen LogP contribution in [0.5, 0.6) is 0 Å². The van der Waals surface area contributed by atoms with Gasteiger partial charge in [0.2, 0.25) is 0 Å². The van der Waals surface area contributed by atoms with E-state index in [-0.39, 0.29) is 5.82 Å². The van der Waals surface area contributed by atoms with Gasteiger partial charge in [-0.25, -0.2) is 4.39 Å². The van der Waals surface area contributed by atoms with E-state index in [1.165, 1.54) is 12.1 Å². The van der Waals surface area contributed by atoms with Gasteiger partial charge < -0.3 is 5.32 Å². The predicted molar refractivity (Wildman–Crippen MR) is 59.9 cm³/mol. The van der Waals surface area contributed by atoms with Crippen LogP contribution >= 0.6 is 23.3 Å². The fourth-order valence-electron chi connectivity index (χ4n) is 1.23. The smallest absolute Gasteiger partial charge is 0.167 e. The van der Waals surface area contributed by atoms with Gasteiger partial charge in [-0.15, -0.1) is 0 Å². The van der Waals surface area contributed by atoms with Gasteiger partial charge in [0.05, 0.1) is 11.7 Å². The standard InChI is InChI=1S/C9H7ClFN3S/c1-12-9-8(13-15-14-9)5-2-6(10)4-7(11)3-5/h2-4H,1H3,(H,12,14). The fourth-order valence-corrected chi connectivity index (χ4v) is 2.03. The van der Waals surface area contributed by atoms with E-state index in [9.17, 15) is 4.39 Å². The van der Waals surface area contributed by atoms with Crippen LogP contribution in [0.3, 0.4) is 0 Å². The van der Waals surface area contributed by atoms with Gasteiger partial charge in [-0.2, -0.15) is 8.75 Å². The van der Waals surface area contributed by atoms with Crippen molar-refractivity contribution in [3.05, 3.63) is 29.0 Å². The average Bonchev–Trinajstić information content (AvgIpc) is 2.63. The lowest BCUT2D eigenvalue weighted by Crippen LogP contribution is -1.91. The lowest BCUT2D eigenvalue weighted by atomic mass is 10.1. The molecule has 0 bridgehead atoms. The Balaban J connectivity index is 2.53. The average molecular weight is 244 g/mol. The third kappa shape index (κ3) is 2.08. The van der Waals surface area contributed by atoms with Crippen molar-refractivity contribution in [2.75, 3.05) is 12.4 Å². The molecule has 0 radical (unpaired) electrons. The summed E-state index contributed by atoms with van der Waals surface area (Å²) in [4.78, 5) is 0. The van der Waals surface area contributed by atoms with E-state index in [0.717, 1.165) is 11.7 Å². The zero-order chi connectivity index (χ0) is 10.8. The van der Waals surface area contributed by atoms with Gasteiger partial charge in [-0.05, 0) is 18.2 Å². The van der Waals surface area contributed by atoms with E-state index >= 15 is 0 Å². The van der Waals surface area contributed by atoms with E-state index in [1.54, 1.807) is 13.1 Å².